The molecule has 0 spiro atoms. The minimum Gasteiger partial charge on any atom is -0.313 e. The number of benzene rings is 1. The number of carbonyl (C=O) groups excluding carboxylic acids is 1. The van der Waals surface area contributed by atoms with E-state index in [2.05, 4.69) is 5.32 Å². The van der Waals surface area contributed by atoms with Crippen LogP contribution < -0.4 is 5.32 Å². The van der Waals surface area contributed by atoms with Gasteiger partial charge in [-0.25, -0.2) is 0 Å². The largest absolute Gasteiger partial charge is 0.313 e. The minimum atomic E-state index is -0.470. The summed E-state index contributed by atoms with van der Waals surface area (Å²) in [7, 11) is 1.66. The van der Waals surface area contributed by atoms with Gasteiger partial charge in [-0.3, -0.25) is 14.9 Å². The molecule has 0 heterocycles. The number of nitro benzene ring substituents is 1. The van der Waals surface area contributed by atoms with E-state index in [0.29, 0.717) is 5.56 Å². The molecule has 1 rings (SSSR count). The molecule has 0 radical (unpaired) electrons. The molecule has 0 aliphatic heterocycles. The summed E-state index contributed by atoms with van der Waals surface area (Å²) in [5, 5.41) is 13.4. The third-order valence-corrected chi connectivity index (χ3v) is 1.95. The smallest absolute Gasteiger partial charge is 0.273 e. The Bertz CT molecular complexity index is 377. The maximum atomic E-state index is 11.3. The highest BCUT2D eigenvalue weighted by molar-refractivity contribution is 5.83. The van der Waals surface area contributed by atoms with Crippen LogP contribution >= 0.6 is 0 Å². The average molecular weight is 208 g/mol. The highest BCUT2D eigenvalue weighted by Crippen LogP contribution is 2.17. The van der Waals surface area contributed by atoms with Gasteiger partial charge in [-0.2, -0.15) is 0 Å². The van der Waals surface area contributed by atoms with Crippen LogP contribution in [0.1, 0.15) is 5.56 Å². The van der Waals surface area contributed by atoms with Gasteiger partial charge in [0.15, 0.2) is 5.78 Å². The zero-order chi connectivity index (χ0) is 11.3. The topological polar surface area (TPSA) is 72.2 Å². The Hall–Kier alpha value is -1.75. The Kier molecular flexibility index (Phi) is 3.93. The first-order valence-electron chi connectivity index (χ1n) is 4.53. The molecule has 1 aromatic rings. The molecule has 0 amide bonds. The van der Waals surface area contributed by atoms with Crippen LogP contribution in [0.3, 0.4) is 0 Å². The van der Waals surface area contributed by atoms with E-state index in [4.69, 9.17) is 0 Å². The molecule has 0 fully saturated rings. The summed E-state index contributed by atoms with van der Waals surface area (Å²) in [6.07, 6.45) is 0.0952. The fourth-order valence-corrected chi connectivity index (χ4v) is 1.31. The molecule has 1 N–H and O–H groups in total. The zero-order valence-corrected chi connectivity index (χ0v) is 8.40. The number of ketones is 1. The van der Waals surface area contributed by atoms with Gasteiger partial charge < -0.3 is 5.32 Å². The molecule has 0 saturated carbocycles. The van der Waals surface area contributed by atoms with E-state index >= 15 is 0 Å². The van der Waals surface area contributed by atoms with Crippen LogP contribution in [-0.4, -0.2) is 24.3 Å². The Morgan fingerprint density at radius 2 is 2.13 bits per heavy atom. The lowest BCUT2D eigenvalue weighted by Gasteiger charge is -2.01. The monoisotopic (exact) mass is 208 g/mol. The quantitative estimate of drug-likeness (QED) is 0.577. The Labute approximate surface area is 87.3 Å². The van der Waals surface area contributed by atoms with Crippen LogP contribution in [0.5, 0.6) is 0 Å². The maximum absolute atomic E-state index is 11.3. The van der Waals surface area contributed by atoms with Gasteiger partial charge in [0.25, 0.3) is 5.69 Å². The third-order valence-electron chi connectivity index (χ3n) is 1.95. The molecule has 0 aromatic heterocycles. The van der Waals surface area contributed by atoms with Gasteiger partial charge in [-0.1, -0.05) is 18.2 Å². The van der Waals surface area contributed by atoms with E-state index < -0.39 is 4.92 Å². The van der Waals surface area contributed by atoms with Crippen LogP contribution in [-0.2, 0) is 11.2 Å². The summed E-state index contributed by atoms with van der Waals surface area (Å²) in [4.78, 5) is 21.5. The van der Waals surface area contributed by atoms with Crippen molar-refractivity contribution in [3.63, 3.8) is 0 Å². The summed E-state index contributed by atoms with van der Waals surface area (Å²) >= 11 is 0. The molecule has 0 bridgehead atoms. The van der Waals surface area contributed by atoms with Crippen LogP contribution in [0.4, 0.5) is 5.69 Å². The molecule has 0 aliphatic carbocycles. The predicted molar refractivity (Wildman–Crippen MR) is 55.7 cm³/mol. The van der Waals surface area contributed by atoms with Gasteiger partial charge in [0.2, 0.25) is 0 Å². The standard InChI is InChI=1S/C10H12N2O3/c1-11-7-9(13)6-8-4-2-3-5-10(8)12(14)15/h2-5,11H,6-7H2,1H3. The number of nitro groups is 1. The first-order valence-corrected chi connectivity index (χ1v) is 4.53. The molecule has 5 nitrogen and oxygen atoms in total. The second kappa shape index (κ2) is 5.21. The van der Waals surface area contributed by atoms with Gasteiger partial charge in [0, 0.05) is 18.1 Å². The van der Waals surface area contributed by atoms with Crippen molar-refractivity contribution >= 4 is 11.5 Å². The Morgan fingerprint density at radius 3 is 2.73 bits per heavy atom. The first kappa shape index (κ1) is 11.3. The van der Waals surface area contributed by atoms with Gasteiger partial charge in [-0.15, -0.1) is 0 Å². The summed E-state index contributed by atoms with van der Waals surface area (Å²) < 4.78 is 0. The van der Waals surface area contributed by atoms with E-state index in [9.17, 15) is 14.9 Å². The number of likely N-dealkylation sites (N-methyl/N-ethyl adjacent to an activating group) is 1. The van der Waals surface area contributed by atoms with Crippen LogP contribution in [0, 0.1) is 10.1 Å². The van der Waals surface area contributed by atoms with Crippen molar-refractivity contribution in [1.29, 1.82) is 0 Å². The first-order chi connectivity index (χ1) is 7.15. The lowest BCUT2D eigenvalue weighted by atomic mass is 10.1. The van der Waals surface area contributed by atoms with Crippen molar-refractivity contribution in [2.75, 3.05) is 13.6 Å². The average Bonchev–Trinajstić information content (AvgIpc) is 2.18. The second-order valence-corrected chi connectivity index (χ2v) is 3.13. The number of Topliss-reactive ketones (excluding diaryl/α,β-unsaturated/α-hetero) is 1. The van der Waals surface area contributed by atoms with Crippen LogP contribution in [0.25, 0.3) is 0 Å². The Morgan fingerprint density at radius 1 is 1.47 bits per heavy atom. The number of rotatable bonds is 5. The molecule has 0 aliphatic rings. The molecular weight excluding hydrogens is 196 g/mol. The number of carbonyl (C=O) groups is 1. The zero-order valence-electron chi connectivity index (χ0n) is 8.40. The van der Waals surface area contributed by atoms with E-state index in [1.165, 1.54) is 6.07 Å². The third kappa shape index (κ3) is 3.14. The molecule has 80 valence electrons. The highest BCUT2D eigenvalue weighted by atomic mass is 16.6. The van der Waals surface area contributed by atoms with E-state index in [-0.39, 0.29) is 24.4 Å². The fraction of sp³-hybridized carbons (Fsp3) is 0.300. The summed E-state index contributed by atoms with van der Waals surface area (Å²) in [5.41, 5.74) is 0.463. The number of hydrogen-bond acceptors (Lipinski definition) is 4. The van der Waals surface area contributed by atoms with Gasteiger partial charge in [0.05, 0.1) is 11.5 Å². The molecular formula is C10H12N2O3. The summed E-state index contributed by atoms with van der Waals surface area (Å²) in [6.45, 7) is 0.228. The van der Waals surface area contributed by atoms with Gasteiger partial charge in [0.1, 0.15) is 0 Å². The van der Waals surface area contributed by atoms with Crippen molar-refractivity contribution < 1.29 is 9.72 Å². The predicted octanol–water partition coefficient (Wildman–Crippen LogP) is 0.926. The van der Waals surface area contributed by atoms with Crippen molar-refractivity contribution in [3.8, 4) is 0 Å². The van der Waals surface area contributed by atoms with E-state index in [1.807, 2.05) is 0 Å². The summed E-state index contributed by atoms with van der Waals surface area (Å²) in [6, 6.07) is 6.28. The molecule has 0 saturated heterocycles. The molecule has 0 unspecified atom stereocenters. The minimum absolute atomic E-state index is 0.00181. The van der Waals surface area contributed by atoms with Crippen molar-refractivity contribution in [1.82, 2.24) is 5.32 Å². The second-order valence-electron chi connectivity index (χ2n) is 3.13. The maximum Gasteiger partial charge on any atom is 0.273 e. The highest BCUT2D eigenvalue weighted by Gasteiger charge is 2.14. The van der Waals surface area contributed by atoms with Crippen molar-refractivity contribution in [2.45, 2.75) is 6.42 Å². The SMILES string of the molecule is CNCC(=O)Cc1ccccc1[N+](=O)[O-]. The van der Waals surface area contributed by atoms with E-state index in [0.717, 1.165) is 0 Å². The van der Waals surface area contributed by atoms with Gasteiger partial charge in [-0.05, 0) is 7.05 Å². The molecule has 0 atom stereocenters. The molecule has 15 heavy (non-hydrogen) atoms. The van der Waals surface area contributed by atoms with Gasteiger partial charge >= 0.3 is 0 Å². The number of nitrogens with one attached hydrogen (secondary N) is 1. The van der Waals surface area contributed by atoms with E-state index in [1.54, 1.807) is 25.2 Å². The Balaban J connectivity index is 2.84. The van der Waals surface area contributed by atoms with Crippen molar-refractivity contribution in [2.24, 2.45) is 0 Å². The molecule has 5 heteroatoms. The van der Waals surface area contributed by atoms with Crippen LogP contribution in [0.15, 0.2) is 24.3 Å². The lowest BCUT2D eigenvalue weighted by molar-refractivity contribution is -0.385. The number of hydrogen-bond donors (Lipinski definition) is 1. The summed E-state index contributed by atoms with van der Waals surface area (Å²) in [5.74, 6) is -0.0631. The fourth-order valence-electron chi connectivity index (χ4n) is 1.31. The molecule has 1 aromatic carbocycles. The van der Waals surface area contributed by atoms with Crippen LogP contribution in [0.2, 0.25) is 0 Å². The number of nitrogens with zero attached hydrogens (tertiary/aromatic N) is 1. The lowest BCUT2D eigenvalue weighted by Crippen LogP contribution is -2.20. The normalized spacial score (nSPS) is 9.93. The van der Waals surface area contributed by atoms with Crippen molar-refractivity contribution in [3.05, 3.63) is 39.9 Å². The number of para-hydroxylation sites is 1.